The van der Waals surface area contributed by atoms with Crippen LogP contribution < -0.4 is 10.1 Å². The summed E-state index contributed by atoms with van der Waals surface area (Å²) in [6.07, 6.45) is 3.58. The van der Waals surface area contributed by atoms with E-state index in [-0.39, 0.29) is 0 Å². The van der Waals surface area contributed by atoms with Crippen molar-refractivity contribution < 1.29 is 9.84 Å². The lowest BCUT2D eigenvalue weighted by Crippen LogP contribution is -2.29. The Morgan fingerprint density at radius 1 is 1.00 bits per heavy atom. The first kappa shape index (κ1) is 20.9. The number of fused-ring (bicyclic) bond motifs is 1. The molecule has 1 saturated carbocycles. The molecule has 0 spiro atoms. The summed E-state index contributed by atoms with van der Waals surface area (Å²) < 4.78 is 5.68. The van der Waals surface area contributed by atoms with E-state index in [1.54, 1.807) is 13.8 Å². The molecule has 2 unspecified atom stereocenters. The van der Waals surface area contributed by atoms with Crippen LogP contribution in [0.25, 0.3) is 10.8 Å². The maximum absolute atomic E-state index is 9.82. The summed E-state index contributed by atoms with van der Waals surface area (Å²) in [4.78, 5) is 0. The topological polar surface area (TPSA) is 41.5 Å². The first-order valence-electron chi connectivity index (χ1n) is 11.1. The van der Waals surface area contributed by atoms with Gasteiger partial charge in [0.25, 0.3) is 0 Å². The Labute approximate surface area is 180 Å². The second kappa shape index (κ2) is 8.79. The highest BCUT2D eigenvalue weighted by Gasteiger charge is 2.27. The minimum Gasteiger partial charge on any atom is -0.491 e. The van der Waals surface area contributed by atoms with E-state index in [2.05, 4.69) is 66.8 Å². The number of aliphatic hydroxyl groups is 1. The Hall–Kier alpha value is -2.36. The Bertz CT molecular complexity index is 969. The molecule has 30 heavy (non-hydrogen) atoms. The summed E-state index contributed by atoms with van der Waals surface area (Å²) in [5.74, 6) is 1.41. The number of nitrogens with one attached hydrogen (secondary N) is 1. The van der Waals surface area contributed by atoms with Crippen LogP contribution in [0.5, 0.6) is 5.75 Å². The van der Waals surface area contributed by atoms with Crippen LogP contribution in [0.3, 0.4) is 0 Å². The normalized spacial score (nSPS) is 20.4. The van der Waals surface area contributed by atoms with Crippen molar-refractivity contribution in [2.45, 2.75) is 63.6 Å². The molecule has 0 heterocycles. The van der Waals surface area contributed by atoms with E-state index in [9.17, 15) is 5.11 Å². The van der Waals surface area contributed by atoms with Gasteiger partial charge < -0.3 is 15.2 Å². The van der Waals surface area contributed by atoms with Crippen molar-refractivity contribution >= 4 is 10.8 Å². The van der Waals surface area contributed by atoms with Crippen LogP contribution in [0, 0.1) is 0 Å². The second-order valence-electron chi connectivity index (χ2n) is 9.33. The first-order valence-corrected chi connectivity index (χ1v) is 11.1. The van der Waals surface area contributed by atoms with Crippen molar-refractivity contribution in [3.8, 4) is 5.75 Å². The van der Waals surface area contributed by atoms with E-state index in [4.69, 9.17) is 4.74 Å². The third-order valence-corrected chi connectivity index (χ3v) is 6.15. The maximum Gasteiger partial charge on any atom is 0.119 e. The molecule has 0 bridgehead atoms. The van der Waals surface area contributed by atoms with Gasteiger partial charge in [-0.3, -0.25) is 0 Å². The van der Waals surface area contributed by atoms with Gasteiger partial charge in [0.05, 0.1) is 5.60 Å². The van der Waals surface area contributed by atoms with Gasteiger partial charge in [0.1, 0.15) is 12.4 Å². The van der Waals surface area contributed by atoms with Crippen molar-refractivity contribution in [1.82, 2.24) is 5.32 Å². The highest BCUT2D eigenvalue weighted by Crippen LogP contribution is 2.36. The molecular weight excluding hydrogens is 370 g/mol. The molecule has 0 aliphatic heterocycles. The fraction of sp³-hybridized carbons (Fsp3) is 0.407. The molecule has 0 amide bonds. The van der Waals surface area contributed by atoms with Crippen molar-refractivity contribution in [3.63, 3.8) is 0 Å². The average Bonchev–Trinajstić information content (AvgIpc) is 3.20. The number of hydrogen-bond acceptors (Lipinski definition) is 3. The zero-order chi connectivity index (χ0) is 21.1. The Kier molecular flexibility index (Phi) is 6.12. The lowest BCUT2D eigenvalue weighted by Gasteiger charge is -2.22. The predicted molar refractivity (Wildman–Crippen MR) is 124 cm³/mol. The summed E-state index contributed by atoms with van der Waals surface area (Å²) in [5.41, 5.74) is 1.95. The van der Waals surface area contributed by atoms with E-state index in [1.807, 2.05) is 12.1 Å². The standard InChI is InChI=1S/C27H33NO2/c1-19(25-10-6-8-21-7-4-5-9-26(21)25)28-23-14-11-22(17-23)20-12-15-24(16-13-20)30-18-27(2,3)29/h4-10,12-13,15-16,19,22-23,28-29H,11,14,17-18H2,1-3H3/t19?,22-,23?/m0/s1. The van der Waals surface area contributed by atoms with E-state index >= 15 is 0 Å². The van der Waals surface area contributed by atoms with E-state index in [1.165, 1.54) is 41.2 Å². The Morgan fingerprint density at radius 3 is 2.50 bits per heavy atom. The average molecular weight is 404 g/mol. The third-order valence-electron chi connectivity index (χ3n) is 6.15. The first-order chi connectivity index (χ1) is 14.4. The number of hydrogen-bond donors (Lipinski definition) is 2. The highest BCUT2D eigenvalue weighted by atomic mass is 16.5. The lowest BCUT2D eigenvalue weighted by molar-refractivity contribution is 0.0285. The van der Waals surface area contributed by atoms with Gasteiger partial charge in [-0.1, -0.05) is 54.6 Å². The molecule has 0 radical (unpaired) electrons. The predicted octanol–water partition coefficient (Wildman–Crippen LogP) is 5.98. The number of rotatable bonds is 7. The van der Waals surface area contributed by atoms with Gasteiger partial charge in [-0.25, -0.2) is 0 Å². The van der Waals surface area contributed by atoms with Crippen LogP contribution in [0.1, 0.15) is 63.1 Å². The van der Waals surface area contributed by atoms with Gasteiger partial charge in [0, 0.05) is 12.1 Å². The SMILES string of the molecule is CC(NC1CC[C@H](c2ccc(OCC(C)(C)O)cc2)C1)c1cccc2ccccc12. The van der Waals surface area contributed by atoms with Crippen LogP contribution in [0.4, 0.5) is 0 Å². The molecular formula is C27H33NO2. The quantitative estimate of drug-likeness (QED) is 0.510. The van der Waals surface area contributed by atoms with Gasteiger partial charge in [0.15, 0.2) is 0 Å². The van der Waals surface area contributed by atoms with Gasteiger partial charge in [-0.2, -0.15) is 0 Å². The molecule has 3 nitrogen and oxygen atoms in total. The van der Waals surface area contributed by atoms with Crippen molar-refractivity contribution in [1.29, 1.82) is 0 Å². The Balaban J connectivity index is 1.36. The monoisotopic (exact) mass is 403 g/mol. The maximum atomic E-state index is 9.82. The van der Waals surface area contributed by atoms with Gasteiger partial charge in [0.2, 0.25) is 0 Å². The van der Waals surface area contributed by atoms with Crippen molar-refractivity contribution in [2.75, 3.05) is 6.61 Å². The largest absolute Gasteiger partial charge is 0.491 e. The molecule has 0 saturated heterocycles. The fourth-order valence-corrected chi connectivity index (χ4v) is 4.60. The Morgan fingerprint density at radius 2 is 1.73 bits per heavy atom. The van der Waals surface area contributed by atoms with Crippen LogP contribution in [-0.4, -0.2) is 23.4 Å². The minimum atomic E-state index is -0.816. The van der Waals surface area contributed by atoms with Gasteiger partial charge >= 0.3 is 0 Å². The van der Waals surface area contributed by atoms with E-state index < -0.39 is 5.60 Å². The molecule has 3 aromatic rings. The molecule has 0 aromatic heterocycles. The molecule has 1 aliphatic rings. The van der Waals surface area contributed by atoms with Crippen LogP contribution in [0.15, 0.2) is 66.7 Å². The molecule has 2 N–H and O–H groups in total. The van der Waals surface area contributed by atoms with Crippen LogP contribution in [0.2, 0.25) is 0 Å². The molecule has 3 heteroatoms. The molecule has 1 fully saturated rings. The van der Waals surface area contributed by atoms with Crippen LogP contribution >= 0.6 is 0 Å². The molecule has 4 rings (SSSR count). The highest BCUT2D eigenvalue weighted by molar-refractivity contribution is 5.86. The van der Waals surface area contributed by atoms with E-state index in [0.717, 1.165) is 5.75 Å². The summed E-state index contributed by atoms with van der Waals surface area (Å²) >= 11 is 0. The summed E-state index contributed by atoms with van der Waals surface area (Å²) in [6, 6.07) is 24.5. The van der Waals surface area contributed by atoms with Gasteiger partial charge in [-0.05, 0) is 80.0 Å². The molecule has 158 valence electrons. The third kappa shape index (κ3) is 5.03. The summed E-state index contributed by atoms with van der Waals surface area (Å²) in [6.45, 7) is 6.09. The molecule has 3 atom stereocenters. The summed E-state index contributed by atoms with van der Waals surface area (Å²) in [5, 5.41) is 16.3. The van der Waals surface area contributed by atoms with Gasteiger partial charge in [-0.15, -0.1) is 0 Å². The number of ether oxygens (including phenoxy) is 1. The van der Waals surface area contributed by atoms with E-state index in [0.29, 0.717) is 24.6 Å². The second-order valence-corrected chi connectivity index (χ2v) is 9.33. The smallest absolute Gasteiger partial charge is 0.119 e. The summed E-state index contributed by atoms with van der Waals surface area (Å²) in [7, 11) is 0. The molecule has 1 aliphatic carbocycles. The lowest BCUT2D eigenvalue weighted by atomic mass is 9.96. The number of benzene rings is 3. The zero-order valence-electron chi connectivity index (χ0n) is 18.3. The van der Waals surface area contributed by atoms with Crippen LogP contribution in [-0.2, 0) is 0 Å². The molecule has 3 aromatic carbocycles. The fourth-order valence-electron chi connectivity index (χ4n) is 4.60. The minimum absolute atomic E-state index is 0.299. The zero-order valence-corrected chi connectivity index (χ0v) is 18.3. The van der Waals surface area contributed by atoms with Crippen molar-refractivity contribution in [2.24, 2.45) is 0 Å². The van der Waals surface area contributed by atoms with Crippen molar-refractivity contribution in [3.05, 3.63) is 77.9 Å².